The molecule has 0 atom stereocenters. The van der Waals surface area contributed by atoms with E-state index in [4.69, 9.17) is 20.7 Å². The molecule has 0 bridgehead atoms. The highest BCUT2D eigenvalue weighted by atomic mass is 32.1. The van der Waals surface area contributed by atoms with Gasteiger partial charge in [0.2, 0.25) is 5.69 Å². The van der Waals surface area contributed by atoms with E-state index in [-0.39, 0.29) is 27.6 Å². The molecule has 0 amide bonds. The molecule has 3 aromatic heterocycles. The number of carbonyl (C=O) groups excluding carboxylic acids is 1. The molecule has 0 aliphatic heterocycles. The summed E-state index contributed by atoms with van der Waals surface area (Å²) in [5, 5.41) is 26.7. The lowest BCUT2D eigenvalue weighted by Crippen LogP contribution is -2.39. The van der Waals surface area contributed by atoms with Gasteiger partial charge in [0, 0.05) is 23.1 Å². The van der Waals surface area contributed by atoms with Crippen molar-refractivity contribution in [1.29, 1.82) is 5.26 Å². The molecule has 0 unspecified atom stereocenters. The van der Waals surface area contributed by atoms with Gasteiger partial charge in [-0.05, 0) is 33.9 Å². The molecule has 0 fully saturated rings. The number of nitrogens with two attached hydrogens (primary N) is 2. The van der Waals surface area contributed by atoms with Crippen molar-refractivity contribution in [2.75, 3.05) is 18.6 Å². The van der Waals surface area contributed by atoms with Gasteiger partial charge in [0.15, 0.2) is 5.95 Å². The number of nitrogen functional groups attached to an aromatic ring is 2. The summed E-state index contributed by atoms with van der Waals surface area (Å²) in [5.41, 5.74) is 15.3. The van der Waals surface area contributed by atoms with Crippen molar-refractivity contribution in [3.63, 3.8) is 0 Å². The summed E-state index contributed by atoms with van der Waals surface area (Å²) in [4.78, 5) is 18.5. The molecule has 0 aliphatic carbocycles. The minimum Gasteiger partial charge on any atom is -0.539 e. The van der Waals surface area contributed by atoms with Crippen LogP contribution < -0.4 is 26.0 Å². The quantitative estimate of drug-likeness (QED) is 0.247. The standard InChI is InChI=1S/C27H22N6O4S/c1-13(2)14-4-6-15(7-5-14)19-18(12-28)25(30)31-26-20(19)21(29)24(38-26)23(34)22-27(35)37-32-33(22)16-8-10-17(36-3)11-9-16/h4-11,13H,1-3H3,(H4-,29,30,31,32,34,35). The van der Waals surface area contributed by atoms with Crippen LogP contribution in [0.2, 0.25) is 0 Å². The summed E-state index contributed by atoms with van der Waals surface area (Å²) in [7, 11) is 1.53. The fourth-order valence-electron chi connectivity index (χ4n) is 4.22. The minimum atomic E-state index is -0.919. The molecule has 11 heteroatoms. The van der Waals surface area contributed by atoms with Gasteiger partial charge in [-0.25, -0.2) is 4.98 Å². The normalized spacial score (nSPS) is 11.1. The van der Waals surface area contributed by atoms with Gasteiger partial charge >= 0.3 is 5.69 Å². The van der Waals surface area contributed by atoms with E-state index in [1.54, 1.807) is 24.3 Å². The molecule has 5 aromatic rings. The van der Waals surface area contributed by atoms with E-state index in [0.29, 0.717) is 38.7 Å². The van der Waals surface area contributed by atoms with Crippen LogP contribution in [-0.4, -0.2) is 23.1 Å². The van der Waals surface area contributed by atoms with Gasteiger partial charge in [-0.1, -0.05) is 38.1 Å². The zero-order chi connectivity index (χ0) is 27.1. The van der Waals surface area contributed by atoms with Crippen molar-refractivity contribution < 1.29 is 23.8 Å². The van der Waals surface area contributed by atoms with E-state index in [1.165, 1.54) is 7.11 Å². The first-order valence-corrected chi connectivity index (χ1v) is 12.4. The van der Waals surface area contributed by atoms with Crippen molar-refractivity contribution >= 4 is 38.8 Å². The largest absolute Gasteiger partial charge is 0.539 e. The van der Waals surface area contributed by atoms with Crippen LogP contribution in [0, 0.1) is 11.3 Å². The van der Waals surface area contributed by atoms with Gasteiger partial charge in [-0.15, -0.1) is 11.3 Å². The number of nitriles is 1. The molecule has 4 N–H and O–H groups in total. The van der Waals surface area contributed by atoms with Gasteiger partial charge in [0.05, 0.1) is 18.1 Å². The van der Waals surface area contributed by atoms with E-state index >= 15 is 0 Å². The maximum absolute atomic E-state index is 13.7. The summed E-state index contributed by atoms with van der Waals surface area (Å²) in [6.07, 6.45) is 0. The zero-order valence-corrected chi connectivity index (χ0v) is 21.5. The molecule has 5 rings (SSSR count). The third-order valence-corrected chi connectivity index (χ3v) is 7.33. The number of anilines is 2. The Balaban J connectivity index is 1.69. The van der Waals surface area contributed by atoms with Crippen LogP contribution in [-0.2, 0) is 0 Å². The molecule has 0 saturated heterocycles. The molecule has 38 heavy (non-hydrogen) atoms. The molecule has 10 nitrogen and oxygen atoms in total. The average Bonchev–Trinajstić information content (AvgIpc) is 3.47. The second kappa shape index (κ2) is 9.49. The molecular weight excluding hydrogens is 504 g/mol. The van der Waals surface area contributed by atoms with Crippen molar-refractivity contribution in [2.45, 2.75) is 19.8 Å². The lowest BCUT2D eigenvalue weighted by Gasteiger charge is -2.11. The van der Waals surface area contributed by atoms with Gasteiger partial charge in [-0.3, -0.25) is 4.79 Å². The number of aromatic nitrogens is 3. The Morgan fingerprint density at radius 1 is 1.16 bits per heavy atom. The predicted molar refractivity (Wildman–Crippen MR) is 140 cm³/mol. The molecule has 190 valence electrons. The number of fused-ring (bicyclic) bond motifs is 1. The number of pyridine rings is 1. The Morgan fingerprint density at radius 3 is 2.45 bits per heavy atom. The predicted octanol–water partition coefficient (Wildman–Crippen LogP) is 3.70. The summed E-state index contributed by atoms with van der Waals surface area (Å²) in [5.74, 6) is -0.679. The number of methoxy groups -OCH3 is 1. The van der Waals surface area contributed by atoms with E-state index < -0.39 is 11.7 Å². The van der Waals surface area contributed by atoms with Crippen LogP contribution in [0.15, 0.2) is 53.1 Å². The van der Waals surface area contributed by atoms with Crippen LogP contribution in [0.25, 0.3) is 27.0 Å². The van der Waals surface area contributed by atoms with Crippen LogP contribution >= 0.6 is 11.3 Å². The molecule has 0 spiro atoms. The highest BCUT2D eigenvalue weighted by Crippen LogP contribution is 2.43. The first kappa shape index (κ1) is 24.7. The lowest BCUT2D eigenvalue weighted by molar-refractivity contribution is -0.672. The topological polar surface area (TPSA) is 168 Å². The molecule has 2 aromatic carbocycles. The maximum Gasteiger partial charge on any atom is 0.312 e. The highest BCUT2D eigenvalue weighted by molar-refractivity contribution is 7.21. The van der Waals surface area contributed by atoms with E-state index in [2.05, 4.69) is 30.2 Å². The number of ether oxygens (including phenoxy) is 1. The number of benzene rings is 2. The van der Waals surface area contributed by atoms with E-state index in [1.807, 2.05) is 24.3 Å². The number of ketones is 1. The maximum atomic E-state index is 13.7. The number of hydrogen-bond acceptors (Lipinski definition) is 10. The smallest absolute Gasteiger partial charge is 0.312 e. The fourth-order valence-corrected chi connectivity index (χ4v) is 5.27. The third kappa shape index (κ3) is 3.97. The number of carbonyl (C=O) groups is 1. The number of thiophene rings is 1. The van der Waals surface area contributed by atoms with Crippen molar-refractivity contribution in [3.8, 4) is 34.6 Å². The van der Waals surface area contributed by atoms with Crippen LogP contribution in [0.4, 0.5) is 11.5 Å². The summed E-state index contributed by atoms with van der Waals surface area (Å²) >= 11 is 0.982. The van der Waals surface area contributed by atoms with E-state index in [0.717, 1.165) is 21.6 Å². The molecular formula is C27H22N6O4S. The minimum absolute atomic E-state index is 0.0194. The van der Waals surface area contributed by atoms with Crippen molar-refractivity contribution in [2.24, 2.45) is 0 Å². The number of hydrogen-bond donors (Lipinski definition) is 2. The van der Waals surface area contributed by atoms with Crippen molar-refractivity contribution in [3.05, 3.63) is 70.2 Å². The lowest BCUT2D eigenvalue weighted by atomic mass is 9.94. The monoisotopic (exact) mass is 526 g/mol. The van der Waals surface area contributed by atoms with Gasteiger partial charge < -0.3 is 25.8 Å². The Morgan fingerprint density at radius 2 is 1.84 bits per heavy atom. The van der Waals surface area contributed by atoms with Crippen molar-refractivity contribution in [1.82, 2.24) is 10.3 Å². The molecule has 3 heterocycles. The number of rotatable bonds is 6. The average molecular weight is 527 g/mol. The Labute approximate surface area is 221 Å². The first-order chi connectivity index (χ1) is 18.2. The van der Waals surface area contributed by atoms with Gasteiger partial charge in [0.1, 0.15) is 32.9 Å². The molecule has 0 aliphatic rings. The Kier molecular flexibility index (Phi) is 6.18. The van der Waals surface area contributed by atoms with Gasteiger partial charge in [-0.2, -0.15) is 5.26 Å². The van der Waals surface area contributed by atoms with E-state index in [9.17, 15) is 15.2 Å². The van der Waals surface area contributed by atoms with Crippen LogP contribution in [0.1, 0.15) is 46.3 Å². The van der Waals surface area contributed by atoms with Crippen LogP contribution in [0.5, 0.6) is 11.7 Å². The molecule has 0 saturated carbocycles. The summed E-state index contributed by atoms with van der Waals surface area (Å²) in [6.45, 7) is 4.17. The SMILES string of the molecule is COc1ccc(-[n+]2noc([O-])c2C(=O)c2sc3nc(N)c(C#N)c(-c4ccc(C(C)C)cc4)c3c2N)cc1. The second-order valence-corrected chi connectivity index (χ2v) is 9.81. The fraction of sp³-hybridized carbons (Fsp3) is 0.148. The first-order valence-electron chi connectivity index (χ1n) is 11.5. The van der Waals surface area contributed by atoms with Crippen LogP contribution in [0.3, 0.4) is 0 Å². The Hall–Kier alpha value is -4.95. The summed E-state index contributed by atoms with van der Waals surface area (Å²) in [6, 6.07) is 16.4. The Bertz CT molecular complexity index is 1730. The zero-order valence-electron chi connectivity index (χ0n) is 20.7. The molecule has 0 radical (unpaired) electrons. The second-order valence-electron chi connectivity index (χ2n) is 8.81. The number of nitrogens with zero attached hydrogens (tertiary/aromatic N) is 4. The highest BCUT2D eigenvalue weighted by Gasteiger charge is 2.33. The summed E-state index contributed by atoms with van der Waals surface area (Å²) < 4.78 is 11.1. The van der Waals surface area contributed by atoms with Gasteiger partial charge in [0.25, 0.3) is 5.78 Å². The third-order valence-electron chi connectivity index (χ3n) is 6.23.